The van der Waals surface area contributed by atoms with Crippen molar-refractivity contribution < 1.29 is 13.9 Å². The van der Waals surface area contributed by atoms with Crippen LogP contribution in [0.5, 0.6) is 5.75 Å². The number of benzene rings is 1. The smallest absolute Gasteiger partial charge is 0.134 e. The first kappa shape index (κ1) is 15.6. The second-order valence-corrected chi connectivity index (χ2v) is 5.10. The summed E-state index contributed by atoms with van der Waals surface area (Å²) in [4.78, 5) is 0. The number of aryl methyl sites for hydroxylation is 1. The summed E-state index contributed by atoms with van der Waals surface area (Å²) in [5, 5.41) is 0. The summed E-state index contributed by atoms with van der Waals surface area (Å²) in [7, 11) is 1.65. The lowest BCUT2D eigenvalue weighted by atomic mass is 10.1. The van der Waals surface area contributed by atoms with E-state index in [0.717, 1.165) is 29.3 Å². The molecule has 4 nitrogen and oxygen atoms in total. The molecule has 0 bridgehead atoms. The lowest BCUT2D eigenvalue weighted by Gasteiger charge is -2.21. The Morgan fingerprint density at radius 1 is 1.24 bits per heavy atom. The Morgan fingerprint density at radius 3 is 2.67 bits per heavy atom. The van der Waals surface area contributed by atoms with Crippen LogP contribution in [0.1, 0.15) is 36.5 Å². The zero-order chi connectivity index (χ0) is 15.2. The number of rotatable bonds is 7. The van der Waals surface area contributed by atoms with Gasteiger partial charge < -0.3 is 19.6 Å². The Labute approximate surface area is 125 Å². The van der Waals surface area contributed by atoms with Gasteiger partial charge in [0.2, 0.25) is 0 Å². The molecule has 0 spiro atoms. The second-order valence-electron chi connectivity index (χ2n) is 5.10. The van der Waals surface area contributed by atoms with Crippen molar-refractivity contribution in [1.82, 2.24) is 0 Å². The van der Waals surface area contributed by atoms with Crippen LogP contribution in [0.2, 0.25) is 0 Å². The molecule has 0 aliphatic heterocycles. The van der Waals surface area contributed by atoms with Crippen molar-refractivity contribution in [3.63, 3.8) is 0 Å². The molecule has 1 aromatic carbocycles. The van der Waals surface area contributed by atoms with Crippen LogP contribution in [0.3, 0.4) is 0 Å². The average molecular weight is 289 g/mol. The van der Waals surface area contributed by atoms with Crippen molar-refractivity contribution in [3.05, 3.63) is 53.5 Å². The summed E-state index contributed by atoms with van der Waals surface area (Å²) in [5.41, 5.74) is 7.22. The van der Waals surface area contributed by atoms with Crippen molar-refractivity contribution in [2.45, 2.75) is 39.0 Å². The molecule has 0 saturated heterocycles. The highest BCUT2D eigenvalue weighted by Gasteiger charge is 2.22. The molecule has 2 unspecified atom stereocenters. The summed E-state index contributed by atoms with van der Waals surface area (Å²) in [6, 6.07) is 11.6. The van der Waals surface area contributed by atoms with E-state index in [9.17, 15) is 0 Å². The molecule has 2 rings (SSSR count). The molecule has 0 fully saturated rings. The molecule has 2 atom stereocenters. The maximum absolute atomic E-state index is 6.17. The fraction of sp³-hybridized carbons (Fsp3) is 0.412. The molecular formula is C17H23NO3. The van der Waals surface area contributed by atoms with Gasteiger partial charge >= 0.3 is 0 Å². The van der Waals surface area contributed by atoms with Gasteiger partial charge in [-0.1, -0.05) is 19.1 Å². The molecule has 21 heavy (non-hydrogen) atoms. The highest BCUT2D eigenvalue weighted by Crippen LogP contribution is 2.26. The van der Waals surface area contributed by atoms with Crippen LogP contribution in [0, 0.1) is 6.92 Å². The second kappa shape index (κ2) is 7.29. The fourth-order valence-electron chi connectivity index (χ4n) is 2.19. The van der Waals surface area contributed by atoms with Crippen LogP contribution in [0.25, 0.3) is 0 Å². The van der Waals surface area contributed by atoms with Crippen LogP contribution in [0.15, 0.2) is 40.8 Å². The Kier molecular flexibility index (Phi) is 5.42. The first-order valence-electron chi connectivity index (χ1n) is 7.20. The Hall–Kier alpha value is -1.78. The van der Waals surface area contributed by atoms with Gasteiger partial charge in [-0.05, 0) is 43.2 Å². The van der Waals surface area contributed by atoms with Gasteiger partial charge in [0.05, 0.1) is 13.7 Å². The fourth-order valence-corrected chi connectivity index (χ4v) is 2.19. The standard InChI is InChI=1S/C17H23NO3/c1-4-15(18)17(16-9-8-12(2)21-16)20-11-13-6-5-7-14(10-13)19-3/h5-10,15,17H,4,11,18H2,1-3H3. The molecular weight excluding hydrogens is 266 g/mol. The third-order valence-electron chi connectivity index (χ3n) is 3.47. The Bertz CT molecular complexity index is 565. The monoisotopic (exact) mass is 289 g/mol. The molecule has 0 aliphatic rings. The van der Waals surface area contributed by atoms with E-state index in [1.54, 1.807) is 7.11 Å². The van der Waals surface area contributed by atoms with E-state index in [2.05, 4.69) is 0 Å². The van der Waals surface area contributed by atoms with E-state index in [-0.39, 0.29) is 12.1 Å². The molecule has 114 valence electrons. The van der Waals surface area contributed by atoms with Crippen molar-refractivity contribution in [1.29, 1.82) is 0 Å². The summed E-state index contributed by atoms with van der Waals surface area (Å²) in [5.74, 6) is 2.47. The van der Waals surface area contributed by atoms with Gasteiger partial charge in [-0.2, -0.15) is 0 Å². The number of furan rings is 1. The van der Waals surface area contributed by atoms with E-state index in [1.807, 2.05) is 50.2 Å². The first-order valence-corrected chi connectivity index (χ1v) is 7.20. The molecule has 1 heterocycles. The zero-order valence-electron chi connectivity index (χ0n) is 12.8. The van der Waals surface area contributed by atoms with Gasteiger partial charge in [0, 0.05) is 6.04 Å². The minimum atomic E-state index is -0.241. The number of hydrogen-bond acceptors (Lipinski definition) is 4. The molecule has 1 aromatic heterocycles. The minimum absolute atomic E-state index is 0.0962. The molecule has 0 radical (unpaired) electrons. The summed E-state index contributed by atoms with van der Waals surface area (Å²) < 4.78 is 16.9. The van der Waals surface area contributed by atoms with E-state index >= 15 is 0 Å². The van der Waals surface area contributed by atoms with Crippen LogP contribution in [-0.2, 0) is 11.3 Å². The third-order valence-corrected chi connectivity index (χ3v) is 3.47. The maximum atomic E-state index is 6.17. The largest absolute Gasteiger partial charge is 0.497 e. The van der Waals surface area contributed by atoms with Gasteiger partial charge in [-0.3, -0.25) is 0 Å². The third kappa shape index (κ3) is 4.09. The van der Waals surface area contributed by atoms with Crippen molar-refractivity contribution in [3.8, 4) is 5.75 Å². The van der Waals surface area contributed by atoms with Gasteiger partial charge in [0.25, 0.3) is 0 Å². The van der Waals surface area contributed by atoms with Gasteiger partial charge in [-0.25, -0.2) is 0 Å². The number of ether oxygens (including phenoxy) is 2. The number of hydrogen-bond donors (Lipinski definition) is 1. The zero-order valence-corrected chi connectivity index (χ0v) is 12.8. The van der Waals surface area contributed by atoms with E-state index < -0.39 is 0 Å². The lowest BCUT2D eigenvalue weighted by Crippen LogP contribution is -2.29. The highest BCUT2D eigenvalue weighted by atomic mass is 16.5. The summed E-state index contributed by atoms with van der Waals surface area (Å²) in [6.07, 6.45) is 0.581. The normalized spacial score (nSPS) is 13.9. The summed E-state index contributed by atoms with van der Waals surface area (Å²) >= 11 is 0. The molecule has 0 amide bonds. The Morgan fingerprint density at radius 2 is 2.05 bits per heavy atom. The average Bonchev–Trinajstić information content (AvgIpc) is 2.93. The van der Waals surface area contributed by atoms with Gasteiger partial charge in [-0.15, -0.1) is 0 Å². The molecule has 2 N–H and O–H groups in total. The highest BCUT2D eigenvalue weighted by molar-refractivity contribution is 5.28. The quantitative estimate of drug-likeness (QED) is 0.846. The maximum Gasteiger partial charge on any atom is 0.134 e. The minimum Gasteiger partial charge on any atom is -0.497 e. The number of methoxy groups -OCH3 is 1. The van der Waals surface area contributed by atoms with Crippen LogP contribution in [0.4, 0.5) is 0 Å². The SMILES string of the molecule is CCC(N)C(OCc1cccc(OC)c1)c1ccc(C)o1. The first-order chi connectivity index (χ1) is 10.1. The lowest BCUT2D eigenvalue weighted by molar-refractivity contribution is 0.00698. The van der Waals surface area contributed by atoms with E-state index in [1.165, 1.54) is 0 Å². The van der Waals surface area contributed by atoms with Crippen molar-refractivity contribution in [2.75, 3.05) is 7.11 Å². The van der Waals surface area contributed by atoms with E-state index in [0.29, 0.717) is 6.61 Å². The van der Waals surface area contributed by atoms with Crippen molar-refractivity contribution in [2.24, 2.45) is 5.73 Å². The number of nitrogens with two attached hydrogens (primary N) is 1. The Balaban J connectivity index is 2.08. The molecule has 0 saturated carbocycles. The molecule has 2 aromatic rings. The summed E-state index contributed by atoms with van der Waals surface area (Å²) in [6.45, 7) is 4.43. The van der Waals surface area contributed by atoms with Crippen LogP contribution >= 0.6 is 0 Å². The van der Waals surface area contributed by atoms with Gasteiger partial charge in [0.15, 0.2) is 0 Å². The van der Waals surface area contributed by atoms with Crippen LogP contribution in [-0.4, -0.2) is 13.2 Å². The predicted octanol–water partition coefficient (Wildman–Crippen LogP) is 3.59. The van der Waals surface area contributed by atoms with Gasteiger partial charge in [0.1, 0.15) is 23.4 Å². The van der Waals surface area contributed by atoms with Crippen LogP contribution < -0.4 is 10.5 Å². The molecule has 0 aliphatic carbocycles. The topological polar surface area (TPSA) is 57.6 Å². The molecule has 4 heteroatoms. The van der Waals surface area contributed by atoms with Crippen molar-refractivity contribution >= 4 is 0 Å². The van der Waals surface area contributed by atoms with E-state index in [4.69, 9.17) is 19.6 Å². The predicted molar refractivity (Wildman–Crippen MR) is 82.2 cm³/mol.